The van der Waals surface area contributed by atoms with Crippen LogP contribution in [0.2, 0.25) is 0 Å². The summed E-state index contributed by atoms with van der Waals surface area (Å²) in [7, 11) is 0. The second kappa shape index (κ2) is 1.68. The Labute approximate surface area is 53.6 Å². The molecule has 2 heterocycles. The van der Waals surface area contributed by atoms with Crippen molar-refractivity contribution in [1.29, 1.82) is 0 Å². The van der Waals surface area contributed by atoms with Crippen LogP contribution in [0.4, 0.5) is 0 Å². The maximum atomic E-state index is 4.98. The van der Waals surface area contributed by atoms with Gasteiger partial charge in [0.2, 0.25) is 0 Å². The van der Waals surface area contributed by atoms with E-state index >= 15 is 0 Å². The van der Waals surface area contributed by atoms with Gasteiger partial charge < -0.3 is 0 Å². The first kappa shape index (κ1) is 5.20. The Morgan fingerprint density at radius 1 is 1.78 bits per heavy atom. The zero-order valence-electron chi connectivity index (χ0n) is 5.32. The first-order valence-electron chi connectivity index (χ1n) is 3.17. The first-order chi connectivity index (χ1) is 4.42. The summed E-state index contributed by atoms with van der Waals surface area (Å²) in [6.45, 7) is 3.13. The predicted molar refractivity (Wildman–Crippen MR) is 32.2 cm³/mol. The van der Waals surface area contributed by atoms with Crippen molar-refractivity contribution in [2.45, 2.75) is 19.7 Å². The zero-order chi connectivity index (χ0) is 6.27. The zero-order valence-corrected chi connectivity index (χ0v) is 5.32. The highest BCUT2D eigenvalue weighted by Gasteiger charge is 2.44. The second-order valence-corrected chi connectivity index (χ2v) is 2.16. The van der Waals surface area contributed by atoms with Gasteiger partial charge in [0.15, 0.2) is 0 Å². The lowest BCUT2D eigenvalue weighted by molar-refractivity contribution is 0.0285. The Morgan fingerprint density at radius 3 is 3.11 bits per heavy atom. The summed E-state index contributed by atoms with van der Waals surface area (Å²) >= 11 is 0. The summed E-state index contributed by atoms with van der Waals surface area (Å²) < 4.78 is 0. The van der Waals surface area contributed by atoms with Crippen molar-refractivity contribution >= 4 is 6.34 Å². The van der Waals surface area contributed by atoms with Gasteiger partial charge in [-0.1, -0.05) is 6.92 Å². The smallest absolute Gasteiger partial charge is 0.268 e. The molecule has 1 fully saturated rings. The SMILES string of the molecule is CCCN1C=NC2ON21. The minimum absolute atomic E-state index is 0.0246. The van der Waals surface area contributed by atoms with Crippen molar-refractivity contribution in [2.75, 3.05) is 6.54 Å². The molecule has 2 aliphatic rings. The van der Waals surface area contributed by atoms with Crippen LogP contribution in [0.3, 0.4) is 0 Å². The Hall–Kier alpha value is -0.610. The number of aliphatic imine (C=N–C) groups is 1. The minimum atomic E-state index is 0.0246. The topological polar surface area (TPSA) is 31.1 Å². The number of nitrogens with zero attached hydrogens (tertiary/aromatic N) is 3. The van der Waals surface area contributed by atoms with Crippen molar-refractivity contribution < 1.29 is 4.84 Å². The molecule has 1 saturated heterocycles. The molecule has 0 aromatic heterocycles. The van der Waals surface area contributed by atoms with Crippen molar-refractivity contribution in [3.63, 3.8) is 0 Å². The van der Waals surface area contributed by atoms with E-state index in [0.717, 1.165) is 13.0 Å². The second-order valence-electron chi connectivity index (χ2n) is 2.16. The summed E-state index contributed by atoms with van der Waals surface area (Å²) in [6.07, 6.45) is 2.97. The Kier molecular flexibility index (Phi) is 0.972. The van der Waals surface area contributed by atoms with Gasteiger partial charge >= 0.3 is 0 Å². The normalized spacial score (nSPS) is 37.2. The fraction of sp³-hybridized carbons (Fsp3) is 0.800. The quantitative estimate of drug-likeness (QED) is 0.496. The van der Waals surface area contributed by atoms with Gasteiger partial charge in [-0.05, 0) is 11.6 Å². The van der Waals surface area contributed by atoms with Gasteiger partial charge in [-0.15, -0.1) is 0 Å². The first-order valence-corrected chi connectivity index (χ1v) is 3.17. The highest BCUT2D eigenvalue weighted by molar-refractivity contribution is 5.56. The van der Waals surface area contributed by atoms with E-state index in [-0.39, 0.29) is 6.35 Å². The largest absolute Gasteiger partial charge is 0.269 e. The molecule has 50 valence electrons. The van der Waals surface area contributed by atoms with Crippen LogP contribution in [0.1, 0.15) is 13.3 Å². The molecule has 0 aromatic rings. The van der Waals surface area contributed by atoms with Gasteiger partial charge in [0.05, 0.1) is 0 Å². The molecule has 0 aromatic carbocycles. The van der Waals surface area contributed by atoms with E-state index in [1.54, 1.807) is 5.17 Å². The lowest BCUT2D eigenvalue weighted by atomic mass is 10.5. The summed E-state index contributed by atoms with van der Waals surface area (Å²) in [6, 6.07) is 0. The molecular formula is C5H9N3O. The molecule has 4 heteroatoms. The molecule has 0 bridgehead atoms. The Balaban J connectivity index is 1.92. The van der Waals surface area contributed by atoms with Crippen molar-refractivity contribution in [1.82, 2.24) is 10.2 Å². The lowest BCUT2D eigenvalue weighted by Crippen LogP contribution is -2.25. The third-order valence-corrected chi connectivity index (χ3v) is 1.38. The molecule has 0 amide bonds. The van der Waals surface area contributed by atoms with Gasteiger partial charge in [-0.25, -0.2) is 9.83 Å². The maximum Gasteiger partial charge on any atom is 0.269 e. The minimum Gasteiger partial charge on any atom is -0.268 e. The fourth-order valence-electron chi connectivity index (χ4n) is 0.911. The van der Waals surface area contributed by atoms with Crippen LogP contribution in [-0.4, -0.2) is 29.4 Å². The van der Waals surface area contributed by atoms with Gasteiger partial charge in [-0.2, -0.15) is 0 Å². The molecule has 0 spiro atoms. The number of hydrogen-bond donors (Lipinski definition) is 0. The van der Waals surface area contributed by atoms with Crippen LogP contribution in [-0.2, 0) is 4.84 Å². The molecule has 2 atom stereocenters. The average molecular weight is 127 g/mol. The molecule has 9 heavy (non-hydrogen) atoms. The number of hydrazine groups is 1. The lowest BCUT2D eigenvalue weighted by Gasteiger charge is -2.11. The number of hydroxylamine groups is 1. The highest BCUT2D eigenvalue weighted by atomic mass is 16.9. The molecule has 0 aliphatic carbocycles. The molecule has 2 rings (SSSR count). The third-order valence-electron chi connectivity index (χ3n) is 1.38. The number of fused-ring (bicyclic) bond motifs is 1. The molecule has 0 radical (unpaired) electrons. The van der Waals surface area contributed by atoms with Crippen LogP contribution in [0.5, 0.6) is 0 Å². The Bertz CT molecular complexity index is 147. The van der Waals surface area contributed by atoms with Crippen molar-refractivity contribution in [3.05, 3.63) is 0 Å². The molecule has 2 unspecified atom stereocenters. The summed E-state index contributed by atoms with van der Waals surface area (Å²) in [5.41, 5.74) is 0. The van der Waals surface area contributed by atoms with Crippen molar-refractivity contribution in [3.8, 4) is 0 Å². The van der Waals surface area contributed by atoms with Gasteiger partial charge in [-0.3, -0.25) is 5.01 Å². The summed E-state index contributed by atoms with van der Waals surface area (Å²) in [4.78, 5) is 8.99. The van der Waals surface area contributed by atoms with E-state index in [1.165, 1.54) is 0 Å². The molecule has 4 nitrogen and oxygen atoms in total. The molecule has 0 N–H and O–H groups in total. The van der Waals surface area contributed by atoms with E-state index in [4.69, 9.17) is 4.84 Å². The van der Waals surface area contributed by atoms with E-state index in [2.05, 4.69) is 11.9 Å². The monoisotopic (exact) mass is 127 g/mol. The number of rotatable bonds is 2. The van der Waals surface area contributed by atoms with E-state index < -0.39 is 0 Å². The maximum absolute atomic E-state index is 4.98. The fourth-order valence-corrected chi connectivity index (χ4v) is 0.911. The van der Waals surface area contributed by atoms with E-state index in [9.17, 15) is 0 Å². The predicted octanol–water partition coefficient (Wildman–Crippen LogP) is 0.186. The van der Waals surface area contributed by atoms with Crippen molar-refractivity contribution in [2.24, 2.45) is 4.99 Å². The molecule has 0 saturated carbocycles. The van der Waals surface area contributed by atoms with Gasteiger partial charge in [0.1, 0.15) is 6.34 Å². The Morgan fingerprint density at radius 2 is 2.67 bits per heavy atom. The summed E-state index contributed by atoms with van der Waals surface area (Å²) in [5.74, 6) is 0. The average Bonchev–Trinajstić information content (AvgIpc) is 2.54. The van der Waals surface area contributed by atoms with Gasteiger partial charge in [0.25, 0.3) is 6.35 Å². The van der Waals surface area contributed by atoms with Crippen LogP contribution >= 0.6 is 0 Å². The van der Waals surface area contributed by atoms with E-state index in [0.29, 0.717) is 0 Å². The highest BCUT2D eigenvalue weighted by Crippen LogP contribution is 2.27. The van der Waals surface area contributed by atoms with E-state index in [1.807, 2.05) is 11.3 Å². The van der Waals surface area contributed by atoms with Crippen LogP contribution in [0, 0.1) is 0 Å². The molecule has 2 aliphatic heterocycles. The van der Waals surface area contributed by atoms with Crippen LogP contribution in [0.15, 0.2) is 4.99 Å². The molecular weight excluding hydrogens is 118 g/mol. The summed E-state index contributed by atoms with van der Waals surface area (Å²) in [5, 5.41) is 3.74. The van der Waals surface area contributed by atoms with Crippen LogP contribution < -0.4 is 0 Å². The van der Waals surface area contributed by atoms with Crippen LogP contribution in [0.25, 0.3) is 0 Å². The van der Waals surface area contributed by atoms with Gasteiger partial charge in [0, 0.05) is 6.54 Å². The standard InChI is InChI=1S/C5H9N3O/c1-2-3-7-4-6-5-8(7)9-5/h4-5H,2-3H2,1H3. The third kappa shape index (κ3) is 0.710. The number of hydrogen-bond acceptors (Lipinski definition) is 4.